The van der Waals surface area contributed by atoms with Gasteiger partial charge in [0.15, 0.2) is 6.61 Å². The van der Waals surface area contributed by atoms with Gasteiger partial charge in [-0.3, -0.25) is 4.79 Å². The molecule has 0 spiro atoms. The van der Waals surface area contributed by atoms with E-state index < -0.39 is 6.10 Å². The third-order valence-electron chi connectivity index (χ3n) is 3.41. The van der Waals surface area contributed by atoms with E-state index in [1.54, 1.807) is 6.07 Å². The van der Waals surface area contributed by atoms with Crippen molar-refractivity contribution >= 4 is 5.91 Å². The van der Waals surface area contributed by atoms with E-state index in [0.29, 0.717) is 18.1 Å². The van der Waals surface area contributed by atoms with Gasteiger partial charge in [-0.2, -0.15) is 0 Å². The van der Waals surface area contributed by atoms with Crippen molar-refractivity contribution in [1.29, 1.82) is 0 Å². The highest BCUT2D eigenvalue weighted by Crippen LogP contribution is 2.26. The summed E-state index contributed by atoms with van der Waals surface area (Å²) in [5, 5.41) is 12.8. The van der Waals surface area contributed by atoms with E-state index in [4.69, 9.17) is 4.74 Å². The summed E-state index contributed by atoms with van der Waals surface area (Å²) >= 11 is 0. The molecular formula is C16H25NO3. The zero-order valence-electron chi connectivity index (χ0n) is 12.7. The fourth-order valence-corrected chi connectivity index (χ4v) is 1.71. The third kappa shape index (κ3) is 4.85. The Morgan fingerprint density at radius 1 is 1.30 bits per heavy atom. The molecule has 2 N–H and O–H groups in total. The van der Waals surface area contributed by atoms with Gasteiger partial charge in [-0.25, -0.2) is 0 Å². The molecule has 0 fully saturated rings. The van der Waals surface area contributed by atoms with Crippen molar-refractivity contribution in [3.63, 3.8) is 0 Å². The molecule has 1 amide bonds. The normalized spacial score (nSPS) is 13.9. The minimum absolute atomic E-state index is 0.0372. The number of aliphatic hydroxyl groups is 1. The lowest BCUT2D eigenvalue weighted by molar-refractivity contribution is -0.124. The van der Waals surface area contributed by atoms with Crippen LogP contribution in [0.25, 0.3) is 0 Å². The number of carbonyl (C=O) groups excluding carboxylic acids is 1. The molecule has 0 bridgehead atoms. The van der Waals surface area contributed by atoms with E-state index in [2.05, 4.69) is 19.2 Å². The topological polar surface area (TPSA) is 58.6 Å². The van der Waals surface area contributed by atoms with Gasteiger partial charge in [0.2, 0.25) is 0 Å². The molecule has 1 aromatic carbocycles. The summed E-state index contributed by atoms with van der Waals surface area (Å²) in [6.07, 6.45) is 0.0422. The molecule has 0 radical (unpaired) electrons. The van der Waals surface area contributed by atoms with Crippen LogP contribution in [0.5, 0.6) is 5.75 Å². The number of para-hydroxylation sites is 1. The Kier molecular flexibility index (Phi) is 6.52. The zero-order chi connectivity index (χ0) is 15.1. The molecule has 1 unspecified atom stereocenters. The maximum atomic E-state index is 11.8. The van der Waals surface area contributed by atoms with Crippen LogP contribution >= 0.6 is 0 Å². The molecule has 4 nitrogen and oxygen atoms in total. The zero-order valence-corrected chi connectivity index (χ0v) is 12.7. The van der Waals surface area contributed by atoms with E-state index >= 15 is 0 Å². The standard InChI is InChI=1S/C16H25NO3/c1-5-14(18)13-8-6-7-9-15(13)20-10-16(19)17-12(4)11(2)3/h6-9,11-12,14,18H,5,10H2,1-4H3,(H,17,19)/t12?,14-/m1/s1. The number of ether oxygens (including phenoxy) is 1. The Morgan fingerprint density at radius 2 is 1.95 bits per heavy atom. The molecule has 0 heterocycles. The molecule has 0 saturated carbocycles. The minimum atomic E-state index is -0.566. The molecule has 2 atom stereocenters. The highest BCUT2D eigenvalue weighted by atomic mass is 16.5. The van der Waals surface area contributed by atoms with Crippen molar-refractivity contribution < 1.29 is 14.6 Å². The molecule has 112 valence electrons. The van der Waals surface area contributed by atoms with Gasteiger partial charge < -0.3 is 15.2 Å². The third-order valence-corrected chi connectivity index (χ3v) is 3.41. The van der Waals surface area contributed by atoms with Crippen LogP contribution < -0.4 is 10.1 Å². The molecule has 0 saturated heterocycles. The summed E-state index contributed by atoms with van der Waals surface area (Å²) in [4.78, 5) is 11.8. The monoisotopic (exact) mass is 279 g/mol. The predicted octanol–water partition coefficient (Wildman–Crippen LogP) is 2.67. The first-order valence-corrected chi connectivity index (χ1v) is 7.14. The average Bonchev–Trinajstić information content (AvgIpc) is 2.44. The quantitative estimate of drug-likeness (QED) is 0.806. The van der Waals surface area contributed by atoms with Crippen molar-refractivity contribution in [2.75, 3.05) is 6.61 Å². The molecule has 1 aromatic rings. The predicted molar refractivity (Wildman–Crippen MR) is 79.6 cm³/mol. The Bertz CT molecular complexity index is 431. The van der Waals surface area contributed by atoms with Gasteiger partial charge in [0.1, 0.15) is 5.75 Å². The minimum Gasteiger partial charge on any atom is -0.483 e. The smallest absolute Gasteiger partial charge is 0.258 e. The Hall–Kier alpha value is -1.55. The SMILES string of the molecule is CC[C@@H](O)c1ccccc1OCC(=O)NC(C)C(C)C. The van der Waals surface area contributed by atoms with Crippen molar-refractivity contribution in [3.05, 3.63) is 29.8 Å². The van der Waals surface area contributed by atoms with Crippen LogP contribution in [-0.4, -0.2) is 23.7 Å². The van der Waals surface area contributed by atoms with Gasteiger partial charge in [-0.05, 0) is 25.3 Å². The first-order valence-electron chi connectivity index (χ1n) is 7.14. The van der Waals surface area contributed by atoms with E-state index in [0.717, 1.165) is 5.56 Å². The van der Waals surface area contributed by atoms with Crippen LogP contribution in [0.2, 0.25) is 0 Å². The summed E-state index contributed by atoms with van der Waals surface area (Å²) in [5.41, 5.74) is 0.722. The number of carbonyl (C=O) groups is 1. The van der Waals surface area contributed by atoms with E-state index in [9.17, 15) is 9.90 Å². The van der Waals surface area contributed by atoms with Crippen molar-refractivity contribution in [1.82, 2.24) is 5.32 Å². The van der Waals surface area contributed by atoms with Crippen LogP contribution in [0.4, 0.5) is 0 Å². The largest absolute Gasteiger partial charge is 0.483 e. The van der Waals surface area contributed by atoms with Gasteiger partial charge >= 0.3 is 0 Å². The van der Waals surface area contributed by atoms with E-state index in [1.807, 2.05) is 32.0 Å². The number of rotatable bonds is 7. The second-order valence-electron chi connectivity index (χ2n) is 5.35. The van der Waals surface area contributed by atoms with Crippen LogP contribution in [0.3, 0.4) is 0 Å². The fourth-order valence-electron chi connectivity index (χ4n) is 1.71. The number of benzene rings is 1. The number of nitrogens with one attached hydrogen (secondary N) is 1. The number of hydrogen-bond acceptors (Lipinski definition) is 3. The van der Waals surface area contributed by atoms with Gasteiger partial charge in [-0.1, -0.05) is 39.0 Å². The number of aliphatic hydroxyl groups excluding tert-OH is 1. The van der Waals surface area contributed by atoms with Gasteiger partial charge in [-0.15, -0.1) is 0 Å². The molecule has 4 heteroatoms. The van der Waals surface area contributed by atoms with Gasteiger partial charge in [0.25, 0.3) is 5.91 Å². The first-order chi connectivity index (χ1) is 9.45. The number of hydrogen-bond donors (Lipinski definition) is 2. The summed E-state index contributed by atoms with van der Waals surface area (Å²) in [6, 6.07) is 7.38. The maximum absolute atomic E-state index is 11.8. The molecule has 1 rings (SSSR count). The van der Waals surface area contributed by atoms with E-state index in [1.165, 1.54) is 0 Å². The molecule has 0 aliphatic heterocycles. The lowest BCUT2D eigenvalue weighted by Gasteiger charge is -2.18. The molecule has 0 aliphatic carbocycles. The summed E-state index contributed by atoms with van der Waals surface area (Å²) in [5.74, 6) is 0.800. The molecule has 20 heavy (non-hydrogen) atoms. The molecular weight excluding hydrogens is 254 g/mol. The van der Waals surface area contributed by atoms with Crippen LogP contribution in [0, 0.1) is 5.92 Å². The Labute approximate surface area is 121 Å². The van der Waals surface area contributed by atoms with Crippen molar-refractivity contribution in [2.24, 2.45) is 5.92 Å². The van der Waals surface area contributed by atoms with Crippen LogP contribution in [0.15, 0.2) is 24.3 Å². The first kappa shape index (κ1) is 16.5. The van der Waals surface area contributed by atoms with Crippen molar-refractivity contribution in [2.45, 2.75) is 46.3 Å². The Balaban J connectivity index is 2.59. The second-order valence-corrected chi connectivity index (χ2v) is 5.35. The molecule has 0 aromatic heterocycles. The highest BCUT2D eigenvalue weighted by molar-refractivity contribution is 5.77. The second kappa shape index (κ2) is 7.90. The number of amides is 1. The lowest BCUT2D eigenvalue weighted by Crippen LogP contribution is -2.39. The fraction of sp³-hybridized carbons (Fsp3) is 0.562. The Morgan fingerprint density at radius 3 is 2.55 bits per heavy atom. The average molecular weight is 279 g/mol. The van der Waals surface area contributed by atoms with Crippen molar-refractivity contribution in [3.8, 4) is 5.75 Å². The summed E-state index contributed by atoms with van der Waals surface area (Å²) < 4.78 is 5.53. The van der Waals surface area contributed by atoms with Gasteiger partial charge in [0.05, 0.1) is 6.10 Å². The molecule has 0 aliphatic rings. The van der Waals surface area contributed by atoms with Crippen LogP contribution in [-0.2, 0) is 4.79 Å². The lowest BCUT2D eigenvalue weighted by atomic mass is 10.1. The summed E-state index contributed by atoms with van der Waals surface area (Å²) in [7, 11) is 0. The van der Waals surface area contributed by atoms with Gasteiger partial charge in [0, 0.05) is 11.6 Å². The summed E-state index contributed by atoms with van der Waals surface area (Å²) in [6.45, 7) is 7.94. The van der Waals surface area contributed by atoms with Crippen LogP contribution in [0.1, 0.15) is 45.8 Å². The maximum Gasteiger partial charge on any atom is 0.258 e. The highest BCUT2D eigenvalue weighted by Gasteiger charge is 2.14. The van der Waals surface area contributed by atoms with E-state index in [-0.39, 0.29) is 18.6 Å².